The van der Waals surface area contributed by atoms with Gasteiger partial charge in [0.2, 0.25) is 5.95 Å². The monoisotopic (exact) mass is 397 g/mol. The molecule has 2 bridgehead atoms. The maximum absolute atomic E-state index is 12.6. The molecule has 0 saturated carbocycles. The number of hydrogen-bond donors (Lipinski definition) is 2. The van der Waals surface area contributed by atoms with Crippen LogP contribution in [-0.2, 0) is 11.3 Å². The number of piperidine rings is 1. The van der Waals surface area contributed by atoms with Crippen LogP contribution in [0, 0.1) is 5.92 Å². The number of pyridine rings is 1. The zero-order valence-corrected chi connectivity index (χ0v) is 16.6. The van der Waals surface area contributed by atoms with Gasteiger partial charge >= 0.3 is 5.97 Å². The standard InChI is InChI=1S/C21H27N5O3/c1-2-4-17-15-7-16(18-5-3-6-19(27)26(17)18)13-25(12-15)11-14-8-22-21(23-9-14)24-10-20(28)29/h3,5-6,8-9,15-17H,2,4,7,10-13H2,1H3,(H,28,29)(H,22,23,24)/t15-,16+,17-/m0/s1. The largest absolute Gasteiger partial charge is 0.480 e. The van der Waals surface area contributed by atoms with Gasteiger partial charge in [-0.1, -0.05) is 19.4 Å². The van der Waals surface area contributed by atoms with E-state index in [1.165, 1.54) is 5.69 Å². The van der Waals surface area contributed by atoms with Crippen molar-refractivity contribution in [3.8, 4) is 0 Å². The Bertz CT molecular complexity index is 927. The Kier molecular flexibility index (Phi) is 5.62. The zero-order valence-electron chi connectivity index (χ0n) is 16.6. The summed E-state index contributed by atoms with van der Waals surface area (Å²) < 4.78 is 2.06. The Morgan fingerprint density at radius 1 is 1.28 bits per heavy atom. The van der Waals surface area contributed by atoms with E-state index < -0.39 is 5.97 Å². The highest BCUT2D eigenvalue weighted by molar-refractivity contribution is 5.71. The summed E-state index contributed by atoms with van der Waals surface area (Å²) in [7, 11) is 0. The third-order valence-corrected chi connectivity index (χ3v) is 5.97. The average Bonchev–Trinajstić information content (AvgIpc) is 2.71. The van der Waals surface area contributed by atoms with Gasteiger partial charge in [-0.3, -0.25) is 14.5 Å². The van der Waals surface area contributed by atoms with Crippen molar-refractivity contribution in [1.29, 1.82) is 0 Å². The second-order valence-electron chi connectivity index (χ2n) is 8.06. The van der Waals surface area contributed by atoms with Crippen molar-refractivity contribution >= 4 is 11.9 Å². The minimum atomic E-state index is -0.946. The van der Waals surface area contributed by atoms with Crippen LogP contribution in [0.15, 0.2) is 35.4 Å². The molecule has 2 aliphatic heterocycles. The molecule has 2 aromatic rings. The molecule has 8 heteroatoms. The number of hydrogen-bond acceptors (Lipinski definition) is 6. The minimum Gasteiger partial charge on any atom is -0.480 e. The van der Waals surface area contributed by atoms with Gasteiger partial charge < -0.3 is 15.0 Å². The van der Waals surface area contributed by atoms with Gasteiger partial charge in [-0.15, -0.1) is 0 Å². The second kappa shape index (κ2) is 8.32. The number of rotatable bonds is 7. The van der Waals surface area contributed by atoms with Crippen LogP contribution in [0.3, 0.4) is 0 Å². The fourth-order valence-electron chi connectivity index (χ4n) is 4.87. The molecule has 1 saturated heterocycles. The van der Waals surface area contributed by atoms with Crippen molar-refractivity contribution in [2.45, 2.75) is 44.7 Å². The number of aromatic nitrogens is 3. The van der Waals surface area contributed by atoms with Crippen LogP contribution < -0.4 is 10.9 Å². The first kappa shape index (κ1) is 19.6. The lowest BCUT2D eigenvalue weighted by molar-refractivity contribution is -0.134. The van der Waals surface area contributed by atoms with Crippen molar-refractivity contribution in [2.24, 2.45) is 5.92 Å². The number of carbonyl (C=O) groups is 1. The molecule has 0 aliphatic carbocycles. The van der Waals surface area contributed by atoms with Gasteiger partial charge in [0.15, 0.2) is 0 Å². The summed E-state index contributed by atoms with van der Waals surface area (Å²) in [4.78, 5) is 34.1. The molecule has 0 aromatic carbocycles. The average molecular weight is 397 g/mol. The third kappa shape index (κ3) is 4.17. The summed E-state index contributed by atoms with van der Waals surface area (Å²) in [5.41, 5.74) is 2.30. The molecule has 0 amide bonds. The van der Waals surface area contributed by atoms with E-state index in [2.05, 4.69) is 37.7 Å². The summed E-state index contributed by atoms with van der Waals surface area (Å²) in [6.07, 6.45) is 6.73. The Balaban J connectivity index is 1.49. The Labute approximate surface area is 169 Å². The quantitative estimate of drug-likeness (QED) is 0.738. The minimum absolute atomic E-state index is 0.127. The van der Waals surface area contributed by atoms with Crippen molar-refractivity contribution in [2.75, 3.05) is 25.0 Å². The second-order valence-corrected chi connectivity index (χ2v) is 8.06. The fourth-order valence-corrected chi connectivity index (χ4v) is 4.87. The molecule has 2 N–H and O–H groups in total. The van der Waals surface area contributed by atoms with Crippen LogP contribution in [-0.4, -0.2) is 50.1 Å². The van der Waals surface area contributed by atoms with Crippen LogP contribution in [0.5, 0.6) is 0 Å². The molecule has 0 radical (unpaired) electrons. The highest BCUT2D eigenvalue weighted by atomic mass is 16.4. The third-order valence-electron chi connectivity index (χ3n) is 5.97. The highest BCUT2D eigenvalue weighted by Gasteiger charge is 2.39. The molecule has 2 aromatic heterocycles. The lowest BCUT2D eigenvalue weighted by atomic mass is 9.77. The number of nitrogens with one attached hydrogen (secondary N) is 1. The normalized spacial score (nSPS) is 23.4. The van der Waals surface area contributed by atoms with Gasteiger partial charge in [0.25, 0.3) is 5.56 Å². The first-order chi connectivity index (χ1) is 14.0. The van der Waals surface area contributed by atoms with E-state index in [-0.39, 0.29) is 18.1 Å². The first-order valence-electron chi connectivity index (χ1n) is 10.3. The van der Waals surface area contributed by atoms with E-state index in [4.69, 9.17) is 5.11 Å². The van der Waals surface area contributed by atoms with Gasteiger partial charge in [-0.05, 0) is 24.8 Å². The summed E-state index contributed by atoms with van der Waals surface area (Å²) >= 11 is 0. The van der Waals surface area contributed by atoms with Gasteiger partial charge in [-0.25, -0.2) is 9.97 Å². The maximum atomic E-state index is 12.6. The Morgan fingerprint density at radius 2 is 2.07 bits per heavy atom. The van der Waals surface area contributed by atoms with Crippen LogP contribution in [0.2, 0.25) is 0 Å². The number of fused-ring (bicyclic) bond motifs is 4. The molecule has 0 spiro atoms. The first-order valence-corrected chi connectivity index (χ1v) is 10.3. The topological polar surface area (TPSA) is 100 Å². The zero-order chi connectivity index (χ0) is 20.4. The summed E-state index contributed by atoms with van der Waals surface area (Å²) in [6.45, 7) is 4.60. The Hall–Kier alpha value is -2.74. The number of anilines is 1. The van der Waals surface area contributed by atoms with Gasteiger partial charge in [0.05, 0.1) is 0 Å². The Morgan fingerprint density at radius 3 is 2.79 bits per heavy atom. The number of nitrogens with zero attached hydrogens (tertiary/aromatic N) is 4. The molecule has 4 rings (SSSR count). The van der Waals surface area contributed by atoms with Crippen LogP contribution in [0.25, 0.3) is 0 Å². The number of carboxylic acids is 1. The van der Waals surface area contributed by atoms with Crippen LogP contribution in [0.1, 0.15) is 49.4 Å². The summed E-state index contributed by atoms with van der Waals surface area (Å²) in [5, 5.41) is 11.4. The lowest BCUT2D eigenvalue weighted by Gasteiger charge is -2.47. The SMILES string of the molecule is CCC[C@H]1[C@H]2C[C@H](CN(Cc3cnc(NCC(=O)O)nc3)C2)c2cccc(=O)n21. The van der Waals surface area contributed by atoms with Crippen LogP contribution >= 0.6 is 0 Å². The van der Waals surface area contributed by atoms with E-state index in [1.807, 2.05) is 6.07 Å². The van der Waals surface area contributed by atoms with Crippen molar-refractivity contribution in [3.63, 3.8) is 0 Å². The summed E-state index contributed by atoms with van der Waals surface area (Å²) in [5.74, 6) is 0.216. The van der Waals surface area contributed by atoms with Gasteiger partial charge in [0, 0.05) is 61.3 Å². The number of carboxylic acid groups (broad SMARTS) is 1. The fraction of sp³-hybridized carbons (Fsp3) is 0.524. The van der Waals surface area contributed by atoms with Crippen molar-refractivity contribution < 1.29 is 9.90 Å². The van der Waals surface area contributed by atoms with E-state index >= 15 is 0 Å². The molecule has 154 valence electrons. The molecular weight excluding hydrogens is 370 g/mol. The van der Waals surface area contributed by atoms with E-state index in [9.17, 15) is 9.59 Å². The number of likely N-dealkylation sites (tertiary alicyclic amines) is 1. The van der Waals surface area contributed by atoms with Gasteiger partial charge in [0.1, 0.15) is 6.54 Å². The predicted molar refractivity (Wildman–Crippen MR) is 109 cm³/mol. The molecule has 29 heavy (non-hydrogen) atoms. The highest BCUT2D eigenvalue weighted by Crippen LogP contribution is 2.42. The van der Waals surface area contributed by atoms with E-state index in [0.717, 1.165) is 44.5 Å². The molecule has 8 nitrogen and oxygen atoms in total. The molecule has 2 aliphatic rings. The van der Waals surface area contributed by atoms with Crippen molar-refractivity contribution in [3.05, 3.63) is 52.2 Å². The predicted octanol–water partition coefficient (Wildman–Crippen LogP) is 2.10. The smallest absolute Gasteiger partial charge is 0.322 e. The van der Waals surface area contributed by atoms with Crippen molar-refractivity contribution in [1.82, 2.24) is 19.4 Å². The lowest BCUT2D eigenvalue weighted by Crippen LogP contribution is -2.49. The molecule has 1 fully saturated rings. The maximum Gasteiger partial charge on any atom is 0.322 e. The van der Waals surface area contributed by atoms with Gasteiger partial charge in [-0.2, -0.15) is 0 Å². The summed E-state index contributed by atoms with van der Waals surface area (Å²) in [6, 6.07) is 5.94. The molecular formula is C21H27N5O3. The van der Waals surface area contributed by atoms with Crippen LogP contribution in [0.4, 0.5) is 5.95 Å². The molecule has 4 heterocycles. The van der Waals surface area contributed by atoms with E-state index in [1.54, 1.807) is 18.5 Å². The van der Waals surface area contributed by atoms with E-state index in [0.29, 0.717) is 17.8 Å². The molecule has 0 unspecified atom stereocenters. The molecule has 3 atom stereocenters. The number of aliphatic carboxylic acids is 1.